The molecule has 3 aromatic carbocycles. The number of non-ortho nitro benzene ring substituents is 1. The van der Waals surface area contributed by atoms with Gasteiger partial charge in [-0.25, -0.2) is 4.39 Å². The van der Waals surface area contributed by atoms with Crippen LogP contribution in [0.15, 0.2) is 72.4 Å². The highest BCUT2D eigenvalue weighted by Crippen LogP contribution is 2.27. The monoisotopic (exact) mass is 484 g/mol. The largest absolute Gasteiger partial charge is 0.320 e. The van der Waals surface area contributed by atoms with Crippen molar-refractivity contribution < 1.29 is 23.8 Å². The number of carbonyl (C=O) groups excluding carboxylic acids is 2. The molecule has 2 amide bonds. The minimum atomic E-state index is -0.952. The van der Waals surface area contributed by atoms with Gasteiger partial charge in [-0.05, 0) is 35.9 Å². The predicted octanol–water partition coefficient (Wildman–Crippen LogP) is 4.71. The van der Waals surface area contributed by atoms with Crippen molar-refractivity contribution >= 4 is 46.6 Å². The first-order valence-corrected chi connectivity index (χ1v) is 9.81. The van der Waals surface area contributed by atoms with Gasteiger partial charge in [0.25, 0.3) is 23.2 Å². The van der Waals surface area contributed by atoms with E-state index in [0.717, 1.165) is 24.3 Å². The second-order valence-corrected chi connectivity index (χ2v) is 7.13. The van der Waals surface area contributed by atoms with E-state index in [1.165, 1.54) is 48.5 Å². The molecule has 3 aromatic rings. The third-order valence-electron chi connectivity index (χ3n) is 4.40. The van der Waals surface area contributed by atoms with E-state index in [-0.39, 0.29) is 27.5 Å². The molecule has 12 heteroatoms. The maximum absolute atomic E-state index is 14.0. The molecule has 0 radical (unpaired) electrons. The molecular formula is C22H14ClFN4O6. The summed E-state index contributed by atoms with van der Waals surface area (Å²) in [5, 5.41) is 26.7. The van der Waals surface area contributed by atoms with E-state index in [4.69, 9.17) is 11.6 Å². The molecular weight excluding hydrogens is 471 g/mol. The van der Waals surface area contributed by atoms with Crippen LogP contribution >= 0.6 is 11.6 Å². The third kappa shape index (κ3) is 5.78. The number of carbonyl (C=O) groups is 2. The molecule has 0 unspecified atom stereocenters. The number of hydrogen-bond acceptors (Lipinski definition) is 6. The van der Waals surface area contributed by atoms with Crippen LogP contribution in [0.1, 0.15) is 15.9 Å². The summed E-state index contributed by atoms with van der Waals surface area (Å²) >= 11 is 5.78. The molecule has 2 N–H and O–H groups in total. The van der Waals surface area contributed by atoms with Crippen molar-refractivity contribution in [3.63, 3.8) is 0 Å². The summed E-state index contributed by atoms with van der Waals surface area (Å²) in [7, 11) is 0. The van der Waals surface area contributed by atoms with E-state index in [1.807, 2.05) is 0 Å². The summed E-state index contributed by atoms with van der Waals surface area (Å²) in [6, 6.07) is 13.8. The van der Waals surface area contributed by atoms with Crippen molar-refractivity contribution in [1.29, 1.82) is 0 Å². The fourth-order valence-electron chi connectivity index (χ4n) is 2.82. The van der Waals surface area contributed by atoms with E-state index in [0.29, 0.717) is 0 Å². The lowest BCUT2D eigenvalue weighted by atomic mass is 10.1. The Kier molecular flexibility index (Phi) is 7.29. The van der Waals surface area contributed by atoms with Crippen molar-refractivity contribution in [3.05, 3.63) is 115 Å². The van der Waals surface area contributed by atoms with Gasteiger partial charge in [-0.15, -0.1) is 0 Å². The smallest absolute Gasteiger partial charge is 0.289 e. The van der Waals surface area contributed by atoms with Crippen LogP contribution in [0.25, 0.3) is 6.08 Å². The number of nitrogens with one attached hydrogen (secondary N) is 2. The summed E-state index contributed by atoms with van der Waals surface area (Å²) < 4.78 is 14.0. The Morgan fingerprint density at radius 3 is 2.35 bits per heavy atom. The Morgan fingerprint density at radius 2 is 1.68 bits per heavy atom. The van der Waals surface area contributed by atoms with Gasteiger partial charge in [0.05, 0.1) is 15.4 Å². The van der Waals surface area contributed by atoms with Crippen molar-refractivity contribution in [1.82, 2.24) is 5.32 Å². The maximum Gasteiger partial charge on any atom is 0.289 e. The van der Waals surface area contributed by atoms with Gasteiger partial charge < -0.3 is 10.6 Å². The zero-order chi connectivity index (χ0) is 24.8. The number of hydrogen-bond donors (Lipinski definition) is 2. The molecule has 0 aliphatic heterocycles. The number of nitrogens with zero attached hydrogens (tertiary/aromatic N) is 2. The van der Waals surface area contributed by atoms with E-state index < -0.39 is 38.9 Å². The fourth-order valence-corrected chi connectivity index (χ4v) is 3.00. The van der Waals surface area contributed by atoms with Gasteiger partial charge in [0, 0.05) is 23.9 Å². The maximum atomic E-state index is 14.0. The van der Waals surface area contributed by atoms with E-state index in [9.17, 15) is 34.2 Å². The average molecular weight is 485 g/mol. The highest BCUT2D eigenvalue weighted by atomic mass is 35.5. The zero-order valence-electron chi connectivity index (χ0n) is 17.0. The molecule has 0 atom stereocenters. The number of amides is 2. The highest BCUT2D eigenvalue weighted by molar-refractivity contribution is 6.32. The molecule has 0 spiro atoms. The number of benzene rings is 3. The highest BCUT2D eigenvalue weighted by Gasteiger charge is 2.19. The van der Waals surface area contributed by atoms with Crippen LogP contribution in [-0.2, 0) is 4.79 Å². The average Bonchev–Trinajstić information content (AvgIpc) is 2.80. The number of rotatable bonds is 7. The first kappa shape index (κ1) is 24.0. The fraction of sp³-hybridized carbons (Fsp3) is 0. The van der Waals surface area contributed by atoms with Crippen molar-refractivity contribution in [3.8, 4) is 0 Å². The summed E-state index contributed by atoms with van der Waals surface area (Å²) in [5.41, 5.74) is -1.28. The lowest BCUT2D eigenvalue weighted by Gasteiger charge is -2.12. The van der Waals surface area contributed by atoms with Gasteiger partial charge in [0.1, 0.15) is 16.5 Å². The number of halogens is 2. The van der Waals surface area contributed by atoms with Crippen molar-refractivity contribution in [2.45, 2.75) is 0 Å². The molecule has 10 nitrogen and oxygen atoms in total. The second kappa shape index (κ2) is 10.3. The van der Waals surface area contributed by atoms with Gasteiger partial charge in [0.2, 0.25) is 0 Å². The van der Waals surface area contributed by atoms with Crippen molar-refractivity contribution in [2.24, 2.45) is 0 Å². The molecule has 0 aliphatic rings. The normalized spacial score (nSPS) is 10.9. The molecule has 0 saturated carbocycles. The molecule has 0 aromatic heterocycles. The van der Waals surface area contributed by atoms with Gasteiger partial charge in [-0.1, -0.05) is 35.9 Å². The number of nitro benzene ring substituents is 2. The molecule has 3 rings (SSSR count). The first-order chi connectivity index (χ1) is 16.2. The topological polar surface area (TPSA) is 144 Å². The van der Waals surface area contributed by atoms with Crippen LogP contribution in [0.5, 0.6) is 0 Å². The summed E-state index contributed by atoms with van der Waals surface area (Å²) in [5.74, 6) is -2.71. The van der Waals surface area contributed by atoms with Crippen LogP contribution in [0.3, 0.4) is 0 Å². The zero-order valence-corrected chi connectivity index (χ0v) is 17.8. The number of anilines is 1. The van der Waals surface area contributed by atoms with Crippen molar-refractivity contribution in [2.75, 3.05) is 5.32 Å². The Balaban J connectivity index is 1.98. The third-order valence-corrected chi connectivity index (χ3v) is 4.72. The van der Waals surface area contributed by atoms with Crippen LogP contribution < -0.4 is 10.6 Å². The Bertz CT molecular complexity index is 1340. The molecule has 34 heavy (non-hydrogen) atoms. The second-order valence-electron chi connectivity index (χ2n) is 6.72. The van der Waals surface area contributed by atoms with Gasteiger partial charge >= 0.3 is 0 Å². The molecule has 0 aliphatic carbocycles. The summed E-state index contributed by atoms with van der Waals surface area (Å²) in [6.45, 7) is 0. The number of nitro groups is 2. The van der Waals surface area contributed by atoms with Gasteiger partial charge in [-0.2, -0.15) is 0 Å². The van der Waals surface area contributed by atoms with Crippen LogP contribution in [0.2, 0.25) is 5.02 Å². The Hall–Kier alpha value is -4.64. The van der Waals surface area contributed by atoms with Gasteiger partial charge in [-0.3, -0.25) is 29.8 Å². The minimum Gasteiger partial charge on any atom is -0.320 e. The van der Waals surface area contributed by atoms with Crippen LogP contribution in [-0.4, -0.2) is 21.7 Å². The first-order valence-electron chi connectivity index (χ1n) is 9.43. The molecule has 0 heterocycles. The van der Waals surface area contributed by atoms with Crippen LogP contribution in [0, 0.1) is 26.0 Å². The molecule has 172 valence electrons. The lowest BCUT2D eigenvalue weighted by Crippen LogP contribution is -2.31. The molecule has 0 saturated heterocycles. The molecule has 0 bridgehead atoms. The van der Waals surface area contributed by atoms with E-state index >= 15 is 0 Å². The van der Waals surface area contributed by atoms with Crippen LogP contribution in [0.4, 0.5) is 21.5 Å². The van der Waals surface area contributed by atoms with Gasteiger partial charge in [0.15, 0.2) is 0 Å². The Morgan fingerprint density at radius 1 is 0.941 bits per heavy atom. The summed E-state index contributed by atoms with van der Waals surface area (Å²) in [4.78, 5) is 46.3. The quantitative estimate of drug-likeness (QED) is 0.282. The van der Waals surface area contributed by atoms with E-state index in [2.05, 4.69) is 10.6 Å². The SMILES string of the molecule is O=C(Nc1ccc(Cl)c([N+](=O)[O-])c1)C(=Cc1cccc([N+](=O)[O-])c1)NC(=O)c1ccccc1F. The predicted molar refractivity (Wildman–Crippen MR) is 122 cm³/mol. The van der Waals surface area contributed by atoms with E-state index in [1.54, 1.807) is 0 Å². The minimum absolute atomic E-state index is 0.00816. The standard InChI is InChI=1S/C22H14ClFN4O6/c23-17-9-8-14(12-20(17)28(33)34)25-22(30)19(11-13-4-3-5-15(10-13)27(31)32)26-21(29)16-6-1-2-7-18(16)24/h1-12H,(H,25,30)(H,26,29). The summed E-state index contributed by atoms with van der Waals surface area (Å²) in [6.07, 6.45) is 1.14. The Labute approximate surface area is 196 Å². The lowest BCUT2D eigenvalue weighted by molar-refractivity contribution is -0.385. The molecule has 0 fully saturated rings.